The summed E-state index contributed by atoms with van der Waals surface area (Å²) in [5, 5.41) is 9.60. The number of hydrogen-bond donors (Lipinski definition) is 2. The van der Waals surface area contributed by atoms with Crippen LogP contribution >= 0.6 is 0 Å². The van der Waals surface area contributed by atoms with Crippen LogP contribution in [0.3, 0.4) is 0 Å². The van der Waals surface area contributed by atoms with Crippen LogP contribution in [0.25, 0.3) is 11.3 Å². The molecule has 0 bridgehead atoms. The van der Waals surface area contributed by atoms with Crippen molar-refractivity contribution >= 4 is 29.0 Å². The molecule has 0 atom stereocenters. The van der Waals surface area contributed by atoms with E-state index in [1.165, 1.54) is 33.6 Å². The van der Waals surface area contributed by atoms with E-state index in [-0.39, 0.29) is 34.7 Å². The fraction of sp³-hybridized carbons (Fsp3) is 0.179. The summed E-state index contributed by atoms with van der Waals surface area (Å²) in [4.78, 5) is 42.3. The fourth-order valence-electron chi connectivity index (χ4n) is 4.24. The molecule has 11 nitrogen and oxygen atoms in total. The number of amides is 2. The Labute approximate surface area is 226 Å². The van der Waals surface area contributed by atoms with Crippen molar-refractivity contribution < 1.29 is 18.7 Å². The lowest BCUT2D eigenvalue weighted by molar-refractivity contribution is -0.117. The number of halogens is 1. The second-order valence-electron chi connectivity index (χ2n) is 9.32. The van der Waals surface area contributed by atoms with Crippen molar-refractivity contribution in [2.24, 2.45) is 5.92 Å². The lowest BCUT2D eigenvalue weighted by Crippen LogP contribution is -2.25. The fourth-order valence-corrected chi connectivity index (χ4v) is 4.24. The highest BCUT2D eigenvalue weighted by molar-refractivity contribution is 6.04. The smallest absolute Gasteiger partial charge is 0.284 e. The number of nitrogens with one attached hydrogen (secondary N) is 2. The Hall–Kier alpha value is -5.26. The maximum absolute atomic E-state index is 14.9. The van der Waals surface area contributed by atoms with Gasteiger partial charge in [0.1, 0.15) is 5.56 Å². The molecular weight excluding hydrogens is 517 g/mol. The number of hydrogen-bond acceptors (Lipinski definition) is 6. The van der Waals surface area contributed by atoms with Gasteiger partial charge in [0.25, 0.3) is 11.5 Å². The van der Waals surface area contributed by atoms with Gasteiger partial charge in [0, 0.05) is 36.5 Å². The van der Waals surface area contributed by atoms with Crippen LogP contribution in [-0.2, 0) is 11.3 Å². The summed E-state index contributed by atoms with van der Waals surface area (Å²) in [7, 11) is 0. The Balaban J connectivity index is 1.17. The average molecular weight is 542 g/mol. The summed E-state index contributed by atoms with van der Waals surface area (Å²) in [6.45, 7) is 2.33. The van der Waals surface area contributed by atoms with Gasteiger partial charge in [-0.3, -0.25) is 19.1 Å². The molecule has 40 heavy (non-hydrogen) atoms. The van der Waals surface area contributed by atoms with Crippen LogP contribution in [0.5, 0.6) is 11.6 Å². The lowest BCUT2D eigenvalue weighted by Gasteiger charge is -2.08. The number of fused-ring (bicyclic) bond motifs is 1. The second-order valence-corrected chi connectivity index (χ2v) is 9.32. The van der Waals surface area contributed by atoms with Crippen LogP contribution in [0.2, 0.25) is 0 Å². The van der Waals surface area contributed by atoms with Gasteiger partial charge < -0.3 is 15.4 Å². The van der Waals surface area contributed by atoms with E-state index in [1.54, 1.807) is 41.2 Å². The Morgan fingerprint density at radius 2 is 1.85 bits per heavy atom. The molecular formula is C28H24FN7O4. The Kier molecular flexibility index (Phi) is 6.34. The van der Waals surface area contributed by atoms with E-state index in [2.05, 4.69) is 20.7 Å². The number of carbonyl (C=O) groups is 2. The molecule has 1 aliphatic carbocycles. The summed E-state index contributed by atoms with van der Waals surface area (Å²) < 4.78 is 25.0. The highest BCUT2D eigenvalue weighted by Gasteiger charge is 2.30. The van der Waals surface area contributed by atoms with E-state index in [0.29, 0.717) is 23.7 Å². The van der Waals surface area contributed by atoms with Crippen LogP contribution in [0.15, 0.2) is 77.9 Å². The predicted molar refractivity (Wildman–Crippen MR) is 144 cm³/mol. The quantitative estimate of drug-likeness (QED) is 0.303. The molecule has 1 saturated carbocycles. The standard InChI is InChI=1S/C28H24FN7O4/c1-2-34-15-20(28(39)36(34)19-6-4-3-5-7-19)27(38)30-18-10-11-22(21(29)14-18)40-25-13-12-24-31-23(16-35(24)33-25)32-26(37)17-8-9-17/h3-7,10-17H,2,8-9H2,1H3,(H,30,38)(H,32,37). The first-order valence-corrected chi connectivity index (χ1v) is 12.7. The van der Waals surface area contributed by atoms with E-state index < -0.39 is 17.3 Å². The molecule has 12 heteroatoms. The molecule has 0 radical (unpaired) electrons. The minimum Gasteiger partial charge on any atom is -0.434 e. The minimum absolute atomic E-state index is 0.0396. The number of imidazole rings is 1. The number of ether oxygens (including phenoxy) is 1. The van der Waals surface area contributed by atoms with E-state index in [9.17, 15) is 18.8 Å². The van der Waals surface area contributed by atoms with Gasteiger partial charge in [0.2, 0.25) is 11.8 Å². The van der Waals surface area contributed by atoms with Crippen LogP contribution in [0.4, 0.5) is 15.9 Å². The van der Waals surface area contributed by atoms with Gasteiger partial charge in [0.15, 0.2) is 23.0 Å². The van der Waals surface area contributed by atoms with Crippen molar-refractivity contribution in [1.82, 2.24) is 24.0 Å². The summed E-state index contributed by atoms with van der Waals surface area (Å²) in [5.41, 5.74) is 0.709. The first-order chi connectivity index (χ1) is 19.4. The van der Waals surface area contributed by atoms with E-state index in [1.807, 2.05) is 13.0 Å². The third-order valence-corrected chi connectivity index (χ3v) is 6.43. The molecule has 0 saturated heterocycles. The van der Waals surface area contributed by atoms with Gasteiger partial charge in [-0.05, 0) is 50.1 Å². The van der Waals surface area contributed by atoms with Crippen LogP contribution in [0.1, 0.15) is 30.1 Å². The highest BCUT2D eigenvalue weighted by atomic mass is 19.1. The summed E-state index contributed by atoms with van der Waals surface area (Å²) in [6.07, 6.45) is 4.78. The van der Waals surface area contributed by atoms with Gasteiger partial charge in [-0.15, -0.1) is 5.10 Å². The van der Waals surface area contributed by atoms with Crippen molar-refractivity contribution in [3.05, 3.63) is 94.8 Å². The van der Waals surface area contributed by atoms with Crippen LogP contribution in [-0.4, -0.2) is 35.8 Å². The van der Waals surface area contributed by atoms with Crippen LogP contribution < -0.4 is 20.9 Å². The largest absolute Gasteiger partial charge is 0.434 e. The zero-order valence-electron chi connectivity index (χ0n) is 21.4. The number of aryl methyl sites for hydroxylation is 1. The Bertz CT molecular complexity index is 1800. The Morgan fingerprint density at radius 1 is 1.05 bits per heavy atom. The van der Waals surface area contributed by atoms with Gasteiger partial charge >= 0.3 is 0 Å². The van der Waals surface area contributed by atoms with Gasteiger partial charge in [-0.1, -0.05) is 18.2 Å². The molecule has 3 heterocycles. The molecule has 0 spiro atoms. The molecule has 2 aromatic carbocycles. The topological polar surface area (TPSA) is 125 Å². The third kappa shape index (κ3) is 4.94. The highest BCUT2D eigenvalue weighted by Crippen LogP contribution is 2.30. The van der Waals surface area contributed by atoms with E-state index in [0.717, 1.165) is 18.9 Å². The molecule has 5 aromatic rings. The number of nitrogens with zero attached hydrogens (tertiary/aromatic N) is 5. The number of aromatic nitrogens is 5. The maximum atomic E-state index is 14.9. The average Bonchev–Trinajstić information content (AvgIpc) is 3.65. The molecule has 202 valence electrons. The molecule has 1 fully saturated rings. The van der Waals surface area contributed by atoms with Crippen molar-refractivity contribution in [2.75, 3.05) is 10.6 Å². The number of anilines is 2. The first kappa shape index (κ1) is 25.0. The molecule has 2 N–H and O–H groups in total. The maximum Gasteiger partial charge on any atom is 0.284 e. The van der Waals surface area contributed by atoms with Crippen molar-refractivity contribution in [3.63, 3.8) is 0 Å². The minimum atomic E-state index is -0.740. The van der Waals surface area contributed by atoms with Crippen molar-refractivity contribution in [1.29, 1.82) is 0 Å². The molecule has 6 rings (SSSR count). The third-order valence-electron chi connectivity index (χ3n) is 6.43. The van der Waals surface area contributed by atoms with Gasteiger partial charge in [-0.25, -0.2) is 18.6 Å². The molecule has 0 unspecified atom stereocenters. The van der Waals surface area contributed by atoms with Crippen molar-refractivity contribution in [2.45, 2.75) is 26.3 Å². The first-order valence-electron chi connectivity index (χ1n) is 12.7. The number of rotatable bonds is 8. The van der Waals surface area contributed by atoms with Gasteiger partial charge in [-0.2, -0.15) is 0 Å². The normalized spacial score (nSPS) is 12.8. The summed E-state index contributed by atoms with van der Waals surface area (Å²) in [6, 6.07) is 16.1. The molecule has 1 aliphatic rings. The van der Waals surface area contributed by atoms with E-state index in [4.69, 9.17) is 4.74 Å². The zero-order valence-corrected chi connectivity index (χ0v) is 21.4. The number of para-hydroxylation sites is 1. The van der Waals surface area contributed by atoms with E-state index >= 15 is 0 Å². The lowest BCUT2D eigenvalue weighted by atomic mass is 10.2. The van der Waals surface area contributed by atoms with Crippen LogP contribution in [0, 0.1) is 11.7 Å². The molecule has 3 aromatic heterocycles. The SMILES string of the molecule is CCn1cc(C(=O)Nc2ccc(Oc3ccc4nc(NC(=O)C5CC5)cn4n3)c(F)c2)c(=O)n1-c1ccccc1. The second kappa shape index (κ2) is 10.1. The predicted octanol–water partition coefficient (Wildman–Crippen LogP) is 4.23. The van der Waals surface area contributed by atoms with Gasteiger partial charge in [0.05, 0.1) is 11.9 Å². The molecule has 2 amide bonds. The van der Waals surface area contributed by atoms with Crippen molar-refractivity contribution in [3.8, 4) is 17.3 Å². The summed E-state index contributed by atoms with van der Waals surface area (Å²) >= 11 is 0. The summed E-state index contributed by atoms with van der Waals surface area (Å²) in [5.74, 6) is -1.07. The Morgan fingerprint density at radius 3 is 2.58 bits per heavy atom. The number of carbonyl (C=O) groups excluding carboxylic acids is 2. The number of benzene rings is 2. The monoisotopic (exact) mass is 541 g/mol. The molecule has 0 aliphatic heterocycles. The zero-order chi connectivity index (χ0) is 27.8.